The Morgan fingerprint density at radius 1 is 1.21 bits per heavy atom. The van der Waals surface area contributed by atoms with E-state index in [1.165, 1.54) is 10.4 Å². The van der Waals surface area contributed by atoms with Gasteiger partial charge in [0.05, 0.1) is 5.56 Å². The molecule has 5 N–H and O–H groups in total. The van der Waals surface area contributed by atoms with Gasteiger partial charge in [-0.1, -0.05) is 31.2 Å². The molecule has 4 aliphatic rings. The summed E-state index contributed by atoms with van der Waals surface area (Å²) in [6.07, 6.45) is 1.74. The van der Waals surface area contributed by atoms with Crippen molar-refractivity contribution in [2.45, 2.75) is 55.0 Å². The molecule has 0 bridgehead atoms. The number of nitrogen functional groups attached to an aromatic ring is 1. The van der Waals surface area contributed by atoms with Gasteiger partial charge in [-0.15, -0.1) is 0 Å². The number of hydrogen-bond acceptors (Lipinski definition) is 8. The largest absolute Gasteiger partial charge is 0.454 e. The zero-order valence-corrected chi connectivity index (χ0v) is 25.3. The van der Waals surface area contributed by atoms with E-state index in [1.54, 1.807) is 31.2 Å². The number of nitrogens with one attached hydrogen (secondary N) is 2. The summed E-state index contributed by atoms with van der Waals surface area (Å²) in [6, 6.07) is 11.7. The van der Waals surface area contributed by atoms with Crippen LogP contribution in [0.4, 0.5) is 5.69 Å². The molecule has 2 aliphatic carbocycles. The monoisotopic (exact) mass is 605 g/mol. The average Bonchev–Trinajstić information content (AvgIpc) is 3.29. The van der Waals surface area contributed by atoms with Gasteiger partial charge in [-0.2, -0.15) is 4.31 Å². The van der Waals surface area contributed by atoms with Gasteiger partial charge in [-0.3, -0.25) is 9.59 Å². The molecule has 1 amide bonds. The third-order valence-electron chi connectivity index (χ3n) is 9.74. The molecule has 1 aromatic heterocycles. The van der Waals surface area contributed by atoms with E-state index >= 15 is 0 Å². The van der Waals surface area contributed by atoms with Crippen molar-refractivity contribution in [3.63, 3.8) is 0 Å². The van der Waals surface area contributed by atoms with Gasteiger partial charge in [0.25, 0.3) is 21.7 Å². The first-order chi connectivity index (χ1) is 20.3. The Morgan fingerprint density at radius 2 is 1.95 bits per heavy atom. The number of hydrogen-bond donors (Lipinski definition) is 4. The number of ketones is 1. The van der Waals surface area contributed by atoms with Crippen molar-refractivity contribution < 1.29 is 27.9 Å². The van der Waals surface area contributed by atoms with Crippen molar-refractivity contribution in [3.05, 3.63) is 76.0 Å². The summed E-state index contributed by atoms with van der Waals surface area (Å²) in [5, 5.41) is 14.9. The Bertz CT molecular complexity index is 1820. The van der Waals surface area contributed by atoms with E-state index in [2.05, 4.69) is 17.2 Å². The van der Waals surface area contributed by atoms with E-state index in [0.717, 1.165) is 12.0 Å². The van der Waals surface area contributed by atoms with Crippen molar-refractivity contribution in [3.8, 4) is 5.75 Å². The third-order valence-corrected chi connectivity index (χ3v) is 11.5. The molecule has 2 aliphatic heterocycles. The summed E-state index contributed by atoms with van der Waals surface area (Å²) in [7, 11) is -0.0782. The molecule has 2 aromatic carbocycles. The van der Waals surface area contributed by atoms with Crippen LogP contribution < -0.4 is 15.8 Å². The maximum absolute atomic E-state index is 14.3. The number of nitrogens with zero attached hydrogens (tertiary/aromatic N) is 2. The number of aromatic nitrogens is 1. The maximum atomic E-state index is 14.3. The first-order valence-corrected chi connectivity index (χ1v) is 15.9. The molecule has 3 heterocycles. The van der Waals surface area contributed by atoms with Gasteiger partial charge in [-0.25, -0.2) is 8.42 Å². The second-order valence-corrected chi connectivity index (χ2v) is 14.5. The number of carbonyl (C=O) groups excluding carboxylic acids is 2. The molecular formula is C31H35N5O6S. The Balaban J connectivity index is 1.28. The van der Waals surface area contributed by atoms with Crippen LogP contribution in [-0.4, -0.2) is 72.6 Å². The fourth-order valence-corrected chi connectivity index (χ4v) is 8.58. The number of sulfonamides is 1. The van der Waals surface area contributed by atoms with E-state index in [9.17, 15) is 23.1 Å². The fourth-order valence-electron chi connectivity index (χ4n) is 7.03. The molecule has 12 heteroatoms. The van der Waals surface area contributed by atoms with E-state index in [-0.39, 0.29) is 33.6 Å². The first-order valence-electron chi connectivity index (χ1n) is 14.5. The Labute approximate surface area is 250 Å². The second kappa shape index (κ2) is 9.15. The number of rotatable bonds is 6. The summed E-state index contributed by atoms with van der Waals surface area (Å²) >= 11 is 0. The van der Waals surface area contributed by atoms with Crippen LogP contribution in [-0.2, 0) is 21.3 Å². The molecule has 43 heavy (non-hydrogen) atoms. The van der Waals surface area contributed by atoms with Crippen molar-refractivity contribution >= 4 is 27.4 Å². The van der Waals surface area contributed by atoms with Crippen molar-refractivity contribution in [2.24, 2.45) is 5.92 Å². The lowest BCUT2D eigenvalue weighted by Crippen LogP contribution is -2.60. The molecule has 11 nitrogen and oxygen atoms in total. The number of carbonyl (C=O) groups is 2. The zero-order chi connectivity index (χ0) is 30.6. The van der Waals surface area contributed by atoms with E-state index < -0.39 is 33.0 Å². The lowest BCUT2D eigenvalue weighted by Gasteiger charge is -2.34. The SMILES string of the molecule is Cc1cc(S(=O)(=O)N2CC[C@H](N(C)C)C2)[nH]c1C(=O)NC12C(=O)c3c(N)cccc3C1(O)Oc1cc(C3CC3C)ccc12. The van der Waals surface area contributed by atoms with Gasteiger partial charge in [0.15, 0.2) is 0 Å². The number of Topliss-reactive ketones (excluding diaryl/α,β-unsaturated/α-hetero) is 1. The van der Waals surface area contributed by atoms with Gasteiger partial charge in [0.2, 0.25) is 11.3 Å². The number of ether oxygens (including phenoxy) is 1. The van der Waals surface area contributed by atoms with Crippen LogP contribution in [0.25, 0.3) is 0 Å². The Morgan fingerprint density at radius 3 is 2.63 bits per heavy atom. The van der Waals surface area contributed by atoms with Crippen LogP contribution in [0.3, 0.4) is 0 Å². The molecule has 1 saturated carbocycles. The summed E-state index contributed by atoms with van der Waals surface area (Å²) in [4.78, 5) is 33.1. The number of aryl methyl sites for hydroxylation is 1. The van der Waals surface area contributed by atoms with Gasteiger partial charge in [0.1, 0.15) is 16.5 Å². The van der Waals surface area contributed by atoms with Gasteiger partial charge in [-0.05, 0) is 75.0 Å². The molecule has 2 fully saturated rings. The highest BCUT2D eigenvalue weighted by molar-refractivity contribution is 7.89. The Kier molecular flexibility index (Phi) is 5.97. The molecule has 3 aromatic rings. The van der Waals surface area contributed by atoms with Crippen molar-refractivity contribution in [1.29, 1.82) is 0 Å². The highest BCUT2D eigenvalue weighted by atomic mass is 32.2. The van der Waals surface area contributed by atoms with Gasteiger partial charge < -0.3 is 30.8 Å². The normalized spacial score (nSPS) is 29.3. The number of likely N-dealkylation sites (N-methyl/N-ethyl adjacent to an activating group) is 1. The molecule has 5 atom stereocenters. The van der Waals surface area contributed by atoms with Gasteiger partial charge in [0, 0.05) is 35.9 Å². The summed E-state index contributed by atoms with van der Waals surface area (Å²) in [6.45, 7) is 4.48. The van der Waals surface area contributed by atoms with Crippen molar-refractivity contribution in [2.75, 3.05) is 32.9 Å². The number of nitrogens with two attached hydrogens (primary N) is 1. The van der Waals surface area contributed by atoms with Crippen LogP contribution in [0.15, 0.2) is 47.5 Å². The van der Waals surface area contributed by atoms with Crippen LogP contribution in [0.2, 0.25) is 0 Å². The lowest BCUT2D eigenvalue weighted by molar-refractivity contribution is -0.169. The number of amides is 1. The number of H-pyrrole nitrogens is 1. The molecule has 1 saturated heterocycles. The standard InChI is InChI=1S/C31H35N5O6S/c1-16-12-20(16)18-8-9-21-24(14-18)42-31(39)22-6-5-7-23(32)26(22)28(37)30(21,31)34-29(38)27-17(2)13-25(33-27)43(40,41)36-11-10-19(15-36)35(3)4/h5-9,13-14,16,19-20,33,39H,10-12,15,32H2,1-4H3,(H,34,38)/t16?,19-,20?,30?,31?/m0/s1. The molecule has 4 unspecified atom stereocenters. The van der Waals surface area contributed by atoms with E-state index in [4.69, 9.17) is 10.5 Å². The zero-order valence-electron chi connectivity index (χ0n) is 24.5. The van der Waals surface area contributed by atoms with E-state index in [0.29, 0.717) is 48.2 Å². The summed E-state index contributed by atoms with van der Waals surface area (Å²) < 4.78 is 34.6. The predicted octanol–water partition coefficient (Wildman–Crippen LogP) is 2.41. The van der Waals surface area contributed by atoms with E-state index in [1.807, 2.05) is 31.1 Å². The second-order valence-electron chi connectivity index (χ2n) is 12.6. The number of benzene rings is 2. The highest BCUT2D eigenvalue weighted by Gasteiger charge is 2.72. The first kappa shape index (κ1) is 28.1. The minimum absolute atomic E-state index is 0.0349. The van der Waals surface area contributed by atoms with Crippen LogP contribution in [0, 0.1) is 12.8 Å². The Hall–Kier alpha value is -3.71. The highest BCUT2D eigenvalue weighted by Crippen LogP contribution is 2.60. The molecule has 7 rings (SSSR count). The molecule has 0 radical (unpaired) electrons. The van der Waals surface area contributed by atoms with Crippen LogP contribution >= 0.6 is 0 Å². The maximum Gasteiger partial charge on any atom is 0.271 e. The smallest absolute Gasteiger partial charge is 0.271 e. The summed E-state index contributed by atoms with van der Waals surface area (Å²) in [5.74, 6) is -2.45. The topological polar surface area (TPSA) is 158 Å². The van der Waals surface area contributed by atoms with Crippen LogP contribution in [0.5, 0.6) is 5.75 Å². The summed E-state index contributed by atoms with van der Waals surface area (Å²) in [5.41, 5.74) is 6.24. The number of aromatic amines is 1. The number of fused-ring (bicyclic) bond motifs is 5. The lowest BCUT2D eigenvalue weighted by atomic mass is 9.82. The molecule has 0 spiro atoms. The molecule has 226 valence electrons. The molecular weight excluding hydrogens is 570 g/mol. The minimum Gasteiger partial charge on any atom is -0.454 e. The quantitative estimate of drug-likeness (QED) is 0.312. The van der Waals surface area contributed by atoms with Gasteiger partial charge >= 0.3 is 0 Å². The fraction of sp³-hybridized carbons (Fsp3) is 0.419. The third kappa shape index (κ3) is 3.79. The number of aliphatic hydroxyl groups is 1. The average molecular weight is 606 g/mol. The number of anilines is 1. The van der Waals surface area contributed by atoms with Crippen LogP contribution in [0.1, 0.15) is 68.8 Å². The predicted molar refractivity (Wildman–Crippen MR) is 158 cm³/mol. The minimum atomic E-state index is -3.91. The van der Waals surface area contributed by atoms with Crippen molar-refractivity contribution in [1.82, 2.24) is 19.5 Å².